The van der Waals surface area contributed by atoms with Crippen molar-refractivity contribution in [3.05, 3.63) is 35.4 Å². The second-order valence-electron chi connectivity index (χ2n) is 10.7. The first kappa shape index (κ1) is 19.1. The van der Waals surface area contributed by atoms with Crippen molar-refractivity contribution in [2.45, 2.75) is 70.6 Å². The average Bonchev–Trinajstić information content (AvgIpc) is 3.07. The predicted molar refractivity (Wildman–Crippen MR) is 111 cm³/mol. The Morgan fingerprint density at radius 2 is 1.83 bits per heavy atom. The lowest BCUT2D eigenvalue weighted by Gasteiger charge is -2.53. The Kier molecular flexibility index (Phi) is 4.52. The predicted octanol–water partition coefficient (Wildman–Crippen LogP) is 4.64. The minimum absolute atomic E-state index is 0.0138. The minimum atomic E-state index is -0.0886. The number of carbonyl (C=O) groups is 2. The van der Waals surface area contributed by atoms with Crippen LogP contribution in [-0.4, -0.2) is 36.5 Å². The molecule has 2 saturated heterocycles. The Bertz CT molecular complexity index is 807. The highest BCUT2D eigenvalue weighted by atomic mass is 16.5. The molecule has 2 heterocycles. The summed E-state index contributed by atoms with van der Waals surface area (Å²) in [7, 11) is 0. The SMILES string of the molecule is CC(C)c1cccc(C2CC3(CCN(C(=O)C4CC5(COC(=O)C5)C4)CC3)C2)c1. The van der Waals surface area contributed by atoms with Crippen LogP contribution in [0.1, 0.15) is 81.8 Å². The molecule has 29 heavy (non-hydrogen) atoms. The van der Waals surface area contributed by atoms with Gasteiger partial charge in [0.15, 0.2) is 0 Å². The molecule has 0 N–H and O–H groups in total. The van der Waals surface area contributed by atoms with Crippen LogP contribution in [0.3, 0.4) is 0 Å². The zero-order valence-corrected chi connectivity index (χ0v) is 17.8. The van der Waals surface area contributed by atoms with Crippen LogP contribution >= 0.6 is 0 Å². The quantitative estimate of drug-likeness (QED) is 0.701. The summed E-state index contributed by atoms with van der Waals surface area (Å²) in [4.78, 5) is 26.4. The fourth-order valence-electron chi connectivity index (χ4n) is 6.33. The maximum absolute atomic E-state index is 12.9. The van der Waals surface area contributed by atoms with Gasteiger partial charge in [0.1, 0.15) is 0 Å². The summed E-state index contributed by atoms with van der Waals surface area (Å²) in [6, 6.07) is 9.16. The Morgan fingerprint density at radius 1 is 1.10 bits per heavy atom. The third kappa shape index (κ3) is 3.39. The van der Waals surface area contributed by atoms with Gasteiger partial charge < -0.3 is 9.64 Å². The number of esters is 1. The molecule has 156 valence electrons. The van der Waals surface area contributed by atoms with Gasteiger partial charge in [-0.1, -0.05) is 38.1 Å². The van der Waals surface area contributed by atoms with Crippen LogP contribution in [0, 0.1) is 16.7 Å². The molecule has 4 aliphatic rings. The molecule has 0 radical (unpaired) electrons. The van der Waals surface area contributed by atoms with Crippen LogP contribution in [-0.2, 0) is 14.3 Å². The Balaban J connectivity index is 1.12. The summed E-state index contributed by atoms with van der Waals surface area (Å²) in [5, 5.41) is 0. The highest BCUT2D eigenvalue weighted by Crippen LogP contribution is 2.57. The Morgan fingerprint density at radius 3 is 2.45 bits per heavy atom. The number of likely N-dealkylation sites (tertiary alicyclic amines) is 1. The lowest BCUT2D eigenvalue weighted by atomic mass is 9.55. The minimum Gasteiger partial charge on any atom is -0.465 e. The number of ether oxygens (including phenoxy) is 1. The highest BCUT2D eigenvalue weighted by Gasteiger charge is 2.54. The molecule has 2 spiro atoms. The van der Waals surface area contributed by atoms with Gasteiger partial charge in [-0.25, -0.2) is 0 Å². The van der Waals surface area contributed by atoms with Crippen molar-refractivity contribution in [1.82, 2.24) is 4.90 Å². The van der Waals surface area contributed by atoms with Gasteiger partial charge in [-0.05, 0) is 66.9 Å². The second kappa shape index (κ2) is 6.85. The van der Waals surface area contributed by atoms with E-state index in [0.29, 0.717) is 36.2 Å². The molecule has 2 aliphatic heterocycles. The van der Waals surface area contributed by atoms with E-state index in [4.69, 9.17) is 4.74 Å². The standard InChI is InChI=1S/C25H33NO3/c1-17(2)18-4-3-5-19(10-18)20-11-24(12-20)6-8-26(9-7-24)23(28)21-13-25(14-21)15-22(27)29-16-25/h3-5,10,17,20-21H,6-9,11-16H2,1-2H3. The largest absolute Gasteiger partial charge is 0.465 e. The van der Waals surface area contributed by atoms with Crippen molar-refractivity contribution in [3.63, 3.8) is 0 Å². The lowest BCUT2D eigenvalue weighted by molar-refractivity contribution is -0.147. The summed E-state index contributed by atoms with van der Waals surface area (Å²) < 4.78 is 5.14. The molecule has 1 amide bonds. The summed E-state index contributed by atoms with van der Waals surface area (Å²) in [5.41, 5.74) is 3.40. The van der Waals surface area contributed by atoms with Gasteiger partial charge >= 0.3 is 5.97 Å². The van der Waals surface area contributed by atoms with Crippen molar-refractivity contribution < 1.29 is 14.3 Å². The van der Waals surface area contributed by atoms with Gasteiger partial charge in [0.2, 0.25) is 5.91 Å². The number of nitrogens with zero attached hydrogens (tertiary/aromatic N) is 1. The first-order valence-corrected chi connectivity index (χ1v) is 11.4. The van der Waals surface area contributed by atoms with E-state index in [9.17, 15) is 9.59 Å². The molecule has 4 heteroatoms. The molecule has 2 aliphatic carbocycles. The summed E-state index contributed by atoms with van der Waals surface area (Å²) in [5.74, 6) is 1.63. The topological polar surface area (TPSA) is 46.6 Å². The van der Waals surface area contributed by atoms with E-state index in [1.807, 2.05) is 0 Å². The number of benzene rings is 1. The van der Waals surface area contributed by atoms with Gasteiger partial charge in [0.25, 0.3) is 0 Å². The maximum Gasteiger partial charge on any atom is 0.306 e. The molecule has 0 atom stereocenters. The molecular formula is C25H33NO3. The third-order valence-corrected chi connectivity index (χ3v) is 8.31. The van der Waals surface area contributed by atoms with Gasteiger partial charge in [-0.2, -0.15) is 0 Å². The van der Waals surface area contributed by atoms with E-state index in [1.165, 1.54) is 24.0 Å². The summed E-state index contributed by atoms with van der Waals surface area (Å²) in [6.45, 7) is 6.87. The number of amides is 1. The molecule has 5 rings (SSSR count). The molecule has 4 fully saturated rings. The van der Waals surface area contributed by atoms with Crippen molar-refractivity contribution in [3.8, 4) is 0 Å². The van der Waals surface area contributed by atoms with E-state index >= 15 is 0 Å². The molecule has 4 nitrogen and oxygen atoms in total. The number of cyclic esters (lactones) is 1. The summed E-state index contributed by atoms with van der Waals surface area (Å²) >= 11 is 0. The number of hydrogen-bond donors (Lipinski definition) is 0. The molecule has 1 aromatic carbocycles. The van der Waals surface area contributed by atoms with E-state index in [0.717, 1.165) is 38.8 Å². The van der Waals surface area contributed by atoms with Gasteiger partial charge in [-0.3, -0.25) is 9.59 Å². The number of rotatable bonds is 3. The normalized spacial score (nSPS) is 27.8. The van der Waals surface area contributed by atoms with Crippen molar-refractivity contribution in [2.24, 2.45) is 16.7 Å². The second-order valence-corrected chi connectivity index (χ2v) is 10.7. The lowest BCUT2D eigenvalue weighted by Crippen LogP contribution is -2.52. The van der Waals surface area contributed by atoms with Crippen LogP contribution in [0.25, 0.3) is 0 Å². The van der Waals surface area contributed by atoms with Crippen LogP contribution in [0.2, 0.25) is 0 Å². The van der Waals surface area contributed by atoms with Gasteiger partial charge in [0.05, 0.1) is 13.0 Å². The first-order valence-electron chi connectivity index (χ1n) is 11.4. The number of hydrogen-bond acceptors (Lipinski definition) is 3. The van der Waals surface area contributed by atoms with Crippen LogP contribution in [0.4, 0.5) is 0 Å². The monoisotopic (exact) mass is 395 g/mol. The first-order chi connectivity index (χ1) is 13.9. The maximum atomic E-state index is 12.9. The van der Waals surface area contributed by atoms with Crippen LogP contribution in [0.5, 0.6) is 0 Å². The third-order valence-electron chi connectivity index (χ3n) is 8.31. The van der Waals surface area contributed by atoms with Crippen molar-refractivity contribution >= 4 is 11.9 Å². The van der Waals surface area contributed by atoms with Crippen molar-refractivity contribution in [1.29, 1.82) is 0 Å². The fraction of sp³-hybridized carbons (Fsp3) is 0.680. The number of carbonyl (C=O) groups excluding carboxylic acids is 2. The highest BCUT2D eigenvalue weighted by molar-refractivity contribution is 5.81. The zero-order chi connectivity index (χ0) is 20.2. The summed E-state index contributed by atoms with van der Waals surface area (Å²) in [6.07, 6.45) is 7.06. The fourth-order valence-corrected chi connectivity index (χ4v) is 6.33. The molecule has 2 saturated carbocycles. The molecular weight excluding hydrogens is 362 g/mol. The molecule has 0 bridgehead atoms. The van der Waals surface area contributed by atoms with E-state index < -0.39 is 0 Å². The smallest absolute Gasteiger partial charge is 0.306 e. The van der Waals surface area contributed by atoms with Crippen molar-refractivity contribution in [2.75, 3.05) is 19.7 Å². The van der Waals surface area contributed by atoms with Gasteiger partial charge in [-0.15, -0.1) is 0 Å². The number of piperidine rings is 1. The van der Waals surface area contributed by atoms with Gasteiger partial charge in [0, 0.05) is 24.4 Å². The van der Waals surface area contributed by atoms with Crippen LogP contribution in [0.15, 0.2) is 24.3 Å². The molecule has 1 aromatic rings. The van der Waals surface area contributed by atoms with E-state index in [2.05, 4.69) is 43.0 Å². The molecule has 0 aromatic heterocycles. The van der Waals surface area contributed by atoms with E-state index in [-0.39, 0.29) is 17.3 Å². The Hall–Kier alpha value is -1.84. The van der Waals surface area contributed by atoms with E-state index in [1.54, 1.807) is 0 Å². The average molecular weight is 396 g/mol. The Labute approximate surface area is 174 Å². The molecule has 0 unspecified atom stereocenters. The zero-order valence-electron chi connectivity index (χ0n) is 17.8. The van der Waals surface area contributed by atoms with Crippen LogP contribution < -0.4 is 0 Å².